The first-order chi connectivity index (χ1) is 9.58. The van der Waals surface area contributed by atoms with Crippen LogP contribution in [0.3, 0.4) is 0 Å². The van der Waals surface area contributed by atoms with E-state index in [0.717, 1.165) is 23.5 Å². The summed E-state index contributed by atoms with van der Waals surface area (Å²) in [4.78, 5) is 0. The normalized spacial score (nSPS) is 12.4. The van der Waals surface area contributed by atoms with Crippen molar-refractivity contribution in [2.24, 2.45) is 5.92 Å². The molecule has 0 saturated carbocycles. The summed E-state index contributed by atoms with van der Waals surface area (Å²) in [6.07, 6.45) is 1.16. The molecule has 106 valence electrons. The Balaban J connectivity index is 2.31. The van der Waals surface area contributed by atoms with E-state index < -0.39 is 0 Å². The van der Waals surface area contributed by atoms with Crippen LogP contribution in [0, 0.1) is 5.92 Å². The lowest BCUT2D eigenvalue weighted by atomic mass is 9.90. The van der Waals surface area contributed by atoms with Gasteiger partial charge < -0.3 is 11.1 Å². The summed E-state index contributed by atoms with van der Waals surface area (Å²) in [5, 5.41) is 3.47. The maximum absolute atomic E-state index is 6.18. The summed E-state index contributed by atoms with van der Waals surface area (Å²) in [5.41, 5.74) is 10.4. The van der Waals surface area contributed by atoms with E-state index in [1.807, 2.05) is 30.3 Å². The van der Waals surface area contributed by atoms with Crippen molar-refractivity contribution in [1.29, 1.82) is 0 Å². The second-order valence-corrected chi connectivity index (χ2v) is 5.83. The van der Waals surface area contributed by atoms with E-state index in [-0.39, 0.29) is 0 Å². The molecule has 0 heterocycles. The van der Waals surface area contributed by atoms with Crippen molar-refractivity contribution < 1.29 is 0 Å². The van der Waals surface area contributed by atoms with Gasteiger partial charge in [-0.05, 0) is 42.0 Å². The highest BCUT2D eigenvalue weighted by atomic mass is 14.9. The molecule has 2 heteroatoms. The zero-order valence-electron chi connectivity index (χ0n) is 12.6. The summed E-state index contributed by atoms with van der Waals surface area (Å²) in [6, 6.07) is 16.4. The number of benzene rings is 2. The van der Waals surface area contributed by atoms with Crippen molar-refractivity contribution in [2.75, 3.05) is 11.1 Å². The summed E-state index contributed by atoms with van der Waals surface area (Å²) in [7, 11) is 0. The SMILES string of the molecule is CC(C)CC(C)c1cccc(N)c1Nc1ccccc1. The smallest absolute Gasteiger partial charge is 0.0653 e. The molecule has 0 aromatic heterocycles. The quantitative estimate of drug-likeness (QED) is 0.735. The molecule has 0 fully saturated rings. The highest BCUT2D eigenvalue weighted by Gasteiger charge is 2.14. The van der Waals surface area contributed by atoms with E-state index in [1.54, 1.807) is 0 Å². The molecule has 20 heavy (non-hydrogen) atoms. The van der Waals surface area contributed by atoms with Gasteiger partial charge in [0.05, 0.1) is 11.4 Å². The Morgan fingerprint density at radius 3 is 2.30 bits per heavy atom. The fraction of sp³-hybridized carbons (Fsp3) is 0.333. The van der Waals surface area contributed by atoms with Gasteiger partial charge in [-0.2, -0.15) is 0 Å². The van der Waals surface area contributed by atoms with Gasteiger partial charge in [-0.1, -0.05) is 51.1 Å². The topological polar surface area (TPSA) is 38.0 Å². The monoisotopic (exact) mass is 268 g/mol. The van der Waals surface area contributed by atoms with E-state index in [0.29, 0.717) is 11.8 Å². The van der Waals surface area contributed by atoms with Crippen molar-refractivity contribution in [3.05, 3.63) is 54.1 Å². The third-order valence-electron chi connectivity index (χ3n) is 3.53. The number of nitrogens with one attached hydrogen (secondary N) is 1. The molecule has 2 aromatic carbocycles. The molecule has 2 nitrogen and oxygen atoms in total. The number of nitrogens with two attached hydrogens (primary N) is 1. The lowest BCUT2D eigenvalue weighted by Crippen LogP contribution is -2.05. The van der Waals surface area contributed by atoms with Gasteiger partial charge in [0.25, 0.3) is 0 Å². The van der Waals surface area contributed by atoms with Crippen LogP contribution in [0.1, 0.15) is 38.7 Å². The number of para-hydroxylation sites is 2. The molecular formula is C18H24N2. The second kappa shape index (κ2) is 6.47. The van der Waals surface area contributed by atoms with Crippen molar-refractivity contribution in [3.8, 4) is 0 Å². The first-order valence-electron chi connectivity index (χ1n) is 7.28. The molecule has 0 aliphatic rings. The van der Waals surface area contributed by atoms with Crippen LogP contribution in [-0.4, -0.2) is 0 Å². The van der Waals surface area contributed by atoms with Crippen LogP contribution in [0.15, 0.2) is 48.5 Å². The predicted octanol–water partition coefficient (Wildman–Crippen LogP) is 5.16. The third kappa shape index (κ3) is 3.53. The van der Waals surface area contributed by atoms with Crippen LogP contribution < -0.4 is 11.1 Å². The molecule has 0 aliphatic carbocycles. The van der Waals surface area contributed by atoms with Crippen LogP contribution >= 0.6 is 0 Å². The van der Waals surface area contributed by atoms with Gasteiger partial charge in [-0.3, -0.25) is 0 Å². The minimum Gasteiger partial charge on any atom is -0.397 e. The highest BCUT2D eigenvalue weighted by molar-refractivity contribution is 5.76. The molecule has 3 N–H and O–H groups in total. The van der Waals surface area contributed by atoms with E-state index in [4.69, 9.17) is 5.73 Å². The third-order valence-corrected chi connectivity index (χ3v) is 3.53. The summed E-state index contributed by atoms with van der Waals surface area (Å²) >= 11 is 0. The van der Waals surface area contributed by atoms with Crippen molar-refractivity contribution >= 4 is 17.1 Å². The average Bonchev–Trinajstić information content (AvgIpc) is 2.41. The van der Waals surface area contributed by atoms with Crippen LogP contribution in [0.2, 0.25) is 0 Å². The summed E-state index contributed by atoms with van der Waals surface area (Å²) < 4.78 is 0. The minimum atomic E-state index is 0.490. The lowest BCUT2D eigenvalue weighted by Gasteiger charge is -2.20. The number of hydrogen-bond donors (Lipinski definition) is 2. The molecule has 2 aromatic rings. The Hall–Kier alpha value is -1.96. The van der Waals surface area contributed by atoms with E-state index in [1.165, 1.54) is 5.56 Å². The Morgan fingerprint density at radius 2 is 1.65 bits per heavy atom. The Labute approximate surface area is 122 Å². The lowest BCUT2D eigenvalue weighted by molar-refractivity contribution is 0.524. The second-order valence-electron chi connectivity index (χ2n) is 5.83. The number of rotatable bonds is 5. The van der Waals surface area contributed by atoms with E-state index in [2.05, 4.69) is 44.3 Å². The maximum Gasteiger partial charge on any atom is 0.0653 e. The molecule has 0 bridgehead atoms. The minimum absolute atomic E-state index is 0.490. The number of anilines is 3. The fourth-order valence-electron chi connectivity index (χ4n) is 2.64. The summed E-state index contributed by atoms with van der Waals surface area (Å²) in [6.45, 7) is 6.78. The standard InChI is InChI=1S/C18H24N2/c1-13(2)12-14(3)16-10-7-11-17(19)18(16)20-15-8-5-4-6-9-15/h4-11,13-14,20H,12,19H2,1-3H3. The Bertz CT molecular complexity index is 547. The zero-order chi connectivity index (χ0) is 14.5. The molecule has 0 saturated heterocycles. The molecule has 0 amide bonds. The van der Waals surface area contributed by atoms with E-state index in [9.17, 15) is 0 Å². The van der Waals surface area contributed by atoms with Crippen molar-refractivity contribution in [3.63, 3.8) is 0 Å². The van der Waals surface area contributed by atoms with Crippen molar-refractivity contribution in [2.45, 2.75) is 33.1 Å². The Kier molecular flexibility index (Phi) is 4.67. The van der Waals surface area contributed by atoms with Gasteiger partial charge in [0.2, 0.25) is 0 Å². The van der Waals surface area contributed by atoms with Gasteiger partial charge in [0.1, 0.15) is 0 Å². The Morgan fingerprint density at radius 1 is 0.950 bits per heavy atom. The van der Waals surface area contributed by atoms with Gasteiger partial charge in [-0.15, -0.1) is 0 Å². The number of hydrogen-bond acceptors (Lipinski definition) is 2. The molecule has 1 unspecified atom stereocenters. The van der Waals surface area contributed by atoms with Crippen LogP contribution in [0.5, 0.6) is 0 Å². The van der Waals surface area contributed by atoms with Crippen LogP contribution in [0.4, 0.5) is 17.1 Å². The zero-order valence-corrected chi connectivity index (χ0v) is 12.6. The highest BCUT2D eigenvalue weighted by Crippen LogP contribution is 2.35. The number of nitrogen functional groups attached to an aromatic ring is 1. The molecule has 0 radical (unpaired) electrons. The maximum atomic E-state index is 6.18. The average molecular weight is 268 g/mol. The largest absolute Gasteiger partial charge is 0.397 e. The van der Waals surface area contributed by atoms with Gasteiger partial charge in [0.15, 0.2) is 0 Å². The van der Waals surface area contributed by atoms with Gasteiger partial charge >= 0.3 is 0 Å². The predicted molar refractivity (Wildman–Crippen MR) is 88.4 cm³/mol. The fourth-order valence-corrected chi connectivity index (χ4v) is 2.64. The molecule has 0 spiro atoms. The van der Waals surface area contributed by atoms with E-state index >= 15 is 0 Å². The molecular weight excluding hydrogens is 244 g/mol. The van der Waals surface area contributed by atoms with Gasteiger partial charge in [0, 0.05) is 5.69 Å². The molecule has 2 rings (SSSR count). The first-order valence-corrected chi connectivity index (χ1v) is 7.28. The summed E-state index contributed by atoms with van der Waals surface area (Å²) in [5.74, 6) is 1.17. The first kappa shape index (κ1) is 14.4. The molecule has 1 atom stereocenters. The van der Waals surface area contributed by atoms with Gasteiger partial charge in [-0.25, -0.2) is 0 Å². The van der Waals surface area contributed by atoms with Crippen LogP contribution in [0.25, 0.3) is 0 Å². The van der Waals surface area contributed by atoms with Crippen molar-refractivity contribution in [1.82, 2.24) is 0 Å². The van der Waals surface area contributed by atoms with Crippen LogP contribution in [-0.2, 0) is 0 Å². The molecule has 0 aliphatic heterocycles.